The Labute approximate surface area is 209 Å². The second kappa shape index (κ2) is 9.80. The number of nitrogens with zero attached hydrogens (tertiary/aromatic N) is 1. The lowest BCUT2D eigenvalue weighted by atomic mass is 10.1. The molecule has 0 spiro atoms. The van der Waals surface area contributed by atoms with Crippen molar-refractivity contribution in [2.45, 2.75) is 24.3 Å². The Kier molecular flexibility index (Phi) is 7.04. The third-order valence-corrected chi connectivity index (χ3v) is 7.85. The number of thiazole rings is 1. The highest BCUT2D eigenvalue weighted by atomic mass is 79.9. The van der Waals surface area contributed by atoms with Crippen LogP contribution in [0, 0.1) is 0 Å². The smallest absolute Gasteiger partial charge is 0.264 e. The van der Waals surface area contributed by atoms with Crippen molar-refractivity contribution < 1.29 is 13.2 Å². The largest absolute Gasteiger partial charge is 0.349 e. The number of anilines is 1. The number of benzene rings is 3. The molecule has 0 radical (unpaired) electrons. The zero-order chi connectivity index (χ0) is 23.6. The molecular formula is C23H19BrClN3O3S2. The standard InChI is InChI=1S/C23H19BrClN3O3S2/c1-14(11-15-5-8-17(25)9-6-15)27-23(29)18-10-7-16(24)12-19(18)28-33(30,31)21-4-2-3-20-22(21)26-13-32-20/h2-10,12-14,28H,11H2,1H3,(H,27,29). The maximum absolute atomic E-state index is 13.2. The van der Waals surface area contributed by atoms with E-state index in [4.69, 9.17) is 11.6 Å². The van der Waals surface area contributed by atoms with Crippen LogP contribution in [0.25, 0.3) is 10.2 Å². The minimum Gasteiger partial charge on any atom is -0.349 e. The summed E-state index contributed by atoms with van der Waals surface area (Å²) in [6.45, 7) is 1.89. The number of aromatic nitrogens is 1. The van der Waals surface area contributed by atoms with E-state index in [2.05, 4.69) is 31.0 Å². The molecule has 4 rings (SSSR count). The van der Waals surface area contributed by atoms with E-state index in [-0.39, 0.29) is 28.1 Å². The van der Waals surface area contributed by atoms with Crippen molar-refractivity contribution in [2.75, 3.05) is 4.72 Å². The molecule has 1 amide bonds. The van der Waals surface area contributed by atoms with E-state index in [0.29, 0.717) is 21.4 Å². The predicted molar refractivity (Wildman–Crippen MR) is 137 cm³/mol. The highest BCUT2D eigenvalue weighted by molar-refractivity contribution is 9.10. The lowest BCUT2D eigenvalue weighted by molar-refractivity contribution is 0.0941. The van der Waals surface area contributed by atoms with E-state index in [0.717, 1.165) is 10.3 Å². The van der Waals surface area contributed by atoms with Crippen molar-refractivity contribution in [3.8, 4) is 0 Å². The molecule has 3 aromatic carbocycles. The second-order valence-corrected chi connectivity index (χ2v) is 11.3. The summed E-state index contributed by atoms with van der Waals surface area (Å²) in [4.78, 5) is 17.3. The Morgan fingerprint density at radius 3 is 2.67 bits per heavy atom. The number of hydrogen-bond donors (Lipinski definition) is 2. The summed E-state index contributed by atoms with van der Waals surface area (Å²) in [6.07, 6.45) is 0.603. The van der Waals surface area contributed by atoms with Gasteiger partial charge >= 0.3 is 0 Å². The van der Waals surface area contributed by atoms with Crippen LogP contribution in [-0.2, 0) is 16.4 Å². The molecule has 1 aromatic heterocycles. The van der Waals surface area contributed by atoms with Crippen molar-refractivity contribution in [2.24, 2.45) is 0 Å². The zero-order valence-corrected chi connectivity index (χ0v) is 21.4. The number of carbonyl (C=O) groups is 1. The van der Waals surface area contributed by atoms with Crippen LogP contribution in [0.3, 0.4) is 0 Å². The van der Waals surface area contributed by atoms with Crippen LogP contribution in [0.1, 0.15) is 22.8 Å². The van der Waals surface area contributed by atoms with E-state index in [1.807, 2.05) is 25.1 Å². The molecule has 170 valence electrons. The maximum Gasteiger partial charge on any atom is 0.264 e. The summed E-state index contributed by atoms with van der Waals surface area (Å²) in [5, 5.41) is 3.59. The van der Waals surface area contributed by atoms with Gasteiger partial charge in [-0.3, -0.25) is 9.52 Å². The van der Waals surface area contributed by atoms with Gasteiger partial charge in [-0.1, -0.05) is 45.7 Å². The van der Waals surface area contributed by atoms with Crippen molar-refractivity contribution in [3.63, 3.8) is 0 Å². The van der Waals surface area contributed by atoms with E-state index in [9.17, 15) is 13.2 Å². The molecule has 0 bridgehead atoms. The number of nitrogens with one attached hydrogen (secondary N) is 2. The fourth-order valence-corrected chi connectivity index (χ4v) is 5.90. The number of sulfonamides is 1. The predicted octanol–water partition coefficient (Wildman–Crippen LogP) is 5.87. The Morgan fingerprint density at radius 1 is 1.15 bits per heavy atom. The third-order valence-electron chi connectivity index (χ3n) is 4.92. The van der Waals surface area contributed by atoms with Crippen molar-refractivity contribution in [1.82, 2.24) is 10.3 Å². The second-order valence-electron chi connectivity index (χ2n) is 7.46. The molecule has 6 nitrogen and oxygen atoms in total. The molecule has 0 saturated heterocycles. The third kappa shape index (κ3) is 5.55. The highest BCUT2D eigenvalue weighted by Gasteiger charge is 2.23. The van der Waals surface area contributed by atoms with Gasteiger partial charge in [0.05, 0.1) is 21.5 Å². The Morgan fingerprint density at radius 2 is 1.91 bits per heavy atom. The summed E-state index contributed by atoms with van der Waals surface area (Å²) in [6, 6.07) is 17.0. The number of hydrogen-bond acceptors (Lipinski definition) is 5. The SMILES string of the molecule is CC(Cc1ccc(Cl)cc1)NC(=O)c1ccc(Br)cc1NS(=O)(=O)c1cccc2scnc12. The van der Waals surface area contributed by atoms with Crippen LogP contribution in [0.2, 0.25) is 5.02 Å². The van der Waals surface area contributed by atoms with Crippen LogP contribution in [-0.4, -0.2) is 25.4 Å². The Hall–Kier alpha value is -2.46. The minimum absolute atomic E-state index is 0.0590. The summed E-state index contributed by atoms with van der Waals surface area (Å²) >= 11 is 10.6. The first-order valence-electron chi connectivity index (χ1n) is 9.93. The molecule has 0 fully saturated rings. The van der Waals surface area contributed by atoms with Crippen LogP contribution in [0.5, 0.6) is 0 Å². The number of rotatable bonds is 7. The summed E-state index contributed by atoms with van der Waals surface area (Å²) < 4.78 is 30.3. The number of fused-ring (bicyclic) bond motifs is 1. The summed E-state index contributed by atoms with van der Waals surface area (Å²) in [7, 11) is -3.98. The number of carbonyl (C=O) groups excluding carboxylic acids is 1. The van der Waals surface area contributed by atoms with Gasteiger partial charge in [-0.15, -0.1) is 11.3 Å². The fraction of sp³-hybridized carbons (Fsp3) is 0.130. The number of para-hydroxylation sites is 1. The maximum atomic E-state index is 13.2. The van der Waals surface area contributed by atoms with Gasteiger partial charge in [-0.05, 0) is 61.4 Å². The Bertz CT molecular complexity index is 1420. The Balaban J connectivity index is 1.57. The van der Waals surface area contributed by atoms with Gasteiger partial charge < -0.3 is 5.32 Å². The lowest BCUT2D eigenvalue weighted by Crippen LogP contribution is -2.34. The number of amides is 1. The first-order chi connectivity index (χ1) is 15.7. The molecule has 1 unspecified atom stereocenters. The molecular weight excluding hydrogens is 546 g/mol. The molecule has 2 N–H and O–H groups in total. The lowest BCUT2D eigenvalue weighted by Gasteiger charge is -2.17. The normalized spacial score (nSPS) is 12.5. The molecule has 0 aliphatic carbocycles. The molecule has 10 heteroatoms. The van der Waals surface area contributed by atoms with Crippen LogP contribution >= 0.6 is 38.9 Å². The monoisotopic (exact) mass is 563 g/mol. The van der Waals surface area contributed by atoms with Gasteiger partial charge in [-0.2, -0.15) is 0 Å². The quantitative estimate of drug-likeness (QED) is 0.294. The van der Waals surface area contributed by atoms with Crippen LogP contribution in [0.15, 0.2) is 75.5 Å². The van der Waals surface area contributed by atoms with E-state index in [1.54, 1.807) is 41.9 Å². The van der Waals surface area contributed by atoms with Crippen LogP contribution < -0.4 is 10.0 Å². The van der Waals surface area contributed by atoms with E-state index < -0.39 is 10.0 Å². The van der Waals surface area contributed by atoms with Gasteiger partial charge in [0.15, 0.2) is 0 Å². The highest BCUT2D eigenvalue weighted by Crippen LogP contribution is 2.29. The summed E-state index contributed by atoms with van der Waals surface area (Å²) in [5.41, 5.74) is 3.42. The van der Waals surface area contributed by atoms with Gasteiger partial charge in [-0.25, -0.2) is 13.4 Å². The molecule has 0 aliphatic rings. The van der Waals surface area contributed by atoms with E-state index in [1.165, 1.54) is 17.4 Å². The van der Waals surface area contributed by atoms with Crippen molar-refractivity contribution >= 4 is 70.7 Å². The van der Waals surface area contributed by atoms with Crippen molar-refractivity contribution in [3.05, 3.63) is 86.8 Å². The molecule has 1 heterocycles. The first kappa shape index (κ1) is 23.7. The topological polar surface area (TPSA) is 88.2 Å². The van der Waals surface area contributed by atoms with Gasteiger partial charge in [0.1, 0.15) is 10.4 Å². The first-order valence-corrected chi connectivity index (χ1v) is 13.5. The molecule has 4 aromatic rings. The minimum atomic E-state index is -3.98. The van der Waals surface area contributed by atoms with Gasteiger partial charge in [0.2, 0.25) is 0 Å². The average molecular weight is 565 g/mol. The summed E-state index contributed by atoms with van der Waals surface area (Å²) in [5.74, 6) is -0.381. The number of halogens is 2. The molecule has 1 atom stereocenters. The van der Waals surface area contributed by atoms with Gasteiger partial charge in [0.25, 0.3) is 15.9 Å². The van der Waals surface area contributed by atoms with E-state index >= 15 is 0 Å². The molecule has 0 aliphatic heterocycles. The zero-order valence-electron chi connectivity index (χ0n) is 17.4. The van der Waals surface area contributed by atoms with Crippen LogP contribution in [0.4, 0.5) is 5.69 Å². The van der Waals surface area contributed by atoms with Crippen molar-refractivity contribution in [1.29, 1.82) is 0 Å². The molecule has 33 heavy (non-hydrogen) atoms. The van der Waals surface area contributed by atoms with Gasteiger partial charge in [0, 0.05) is 15.5 Å². The average Bonchev–Trinajstić information content (AvgIpc) is 3.24. The molecule has 0 saturated carbocycles. The fourth-order valence-electron chi connectivity index (χ4n) is 3.40.